The Morgan fingerprint density at radius 2 is 0.978 bits per heavy atom. The Balaban J connectivity index is 3.94. The average Bonchev–Trinajstić information content (AvgIpc) is 3.04. The van der Waals surface area contributed by atoms with Crippen molar-refractivity contribution in [2.45, 2.75) is 206 Å². The van der Waals surface area contributed by atoms with Gasteiger partial charge in [-0.05, 0) is 44.9 Å². The van der Waals surface area contributed by atoms with E-state index in [9.17, 15) is 15.0 Å². The van der Waals surface area contributed by atoms with E-state index < -0.39 is 6.04 Å². The molecule has 2 amide bonds. The molecule has 0 rings (SSSR count). The van der Waals surface area contributed by atoms with Crippen molar-refractivity contribution in [1.82, 2.24) is 21.4 Å². The number of hydrogen-bond acceptors (Lipinski definition) is 2. The van der Waals surface area contributed by atoms with Gasteiger partial charge in [-0.25, -0.2) is 0 Å². The smallest absolute Gasteiger partial charge is 0.242 e. The van der Waals surface area contributed by atoms with E-state index in [1.807, 2.05) is 0 Å². The minimum absolute atomic E-state index is 0.0878. The first-order chi connectivity index (χ1) is 22.5. The SMILES string of the molecule is CCCCCCCCC=CCCCCCCCC(=O)NC(CCNC(=[N])N)C(=O)NCCCCCCCCCCCCCCCC. The van der Waals surface area contributed by atoms with Crippen molar-refractivity contribution >= 4 is 17.8 Å². The fourth-order valence-corrected chi connectivity index (χ4v) is 5.89. The highest BCUT2D eigenvalue weighted by Gasteiger charge is 2.20. The molecule has 0 saturated heterocycles. The topological polar surface area (TPSA) is 119 Å². The van der Waals surface area contributed by atoms with Crippen molar-refractivity contribution < 1.29 is 9.59 Å². The molecule has 0 aliphatic carbocycles. The molecule has 1 atom stereocenters. The standard InChI is InChI=1S/C39H76N5O2/c1-3-5-7-9-11-13-15-17-19-20-22-24-26-28-30-32-37(45)44-36(33-35-43-39(40)41)38(46)42-34-31-29-27-25-23-21-18-16-14-12-10-8-6-4-2/h17,19,36,43H,3-16,18,20-35,40H2,1-2H3,(H,42,46)(H,44,45). The van der Waals surface area contributed by atoms with Gasteiger partial charge in [-0.15, -0.1) is 5.41 Å². The molecule has 0 aliphatic rings. The van der Waals surface area contributed by atoms with Crippen LogP contribution in [-0.2, 0) is 9.59 Å². The van der Waals surface area contributed by atoms with Crippen LogP contribution in [0, 0.1) is 0 Å². The van der Waals surface area contributed by atoms with Crippen LogP contribution in [0.15, 0.2) is 12.2 Å². The van der Waals surface area contributed by atoms with Gasteiger partial charge in [0, 0.05) is 19.5 Å². The second-order valence-corrected chi connectivity index (χ2v) is 13.4. The number of guanidine groups is 1. The van der Waals surface area contributed by atoms with Crippen LogP contribution in [-0.4, -0.2) is 36.9 Å². The molecule has 0 aromatic rings. The summed E-state index contributed by atoms with van der Waals surface area (Å²) in [7, 11) is 0. The largest absolute Gasteiger partial charge is 0.368 e. The van der Waals surface area contributed by atoms with Crippen molar-refractivity contribution in [1.29, 1.82) is 0 Å². The zero-order chi connectivity index (χ0) is 33.8. The summed E-state index contributed by atoms with van der Waals surface area (Å²) in [6, 6.07) is -0.630. The first kappa shape index (κ1) is 43.9. The predicted molar refractivity (Wildman–Crippen MR) is 199 cm³/mol. The molecular formula is C39H76N5O2. The normalized spacial score (nSPS) is 12.0. The number of nitrogens with zero attached hydrogens (tertiary/aromatic N) is 1. The molecule has 1 unspecified atom stereocenters. The van der Waals surface area contributed by atoms with Gasteiger partial charge in [-0.1, -0.05) is 161 Å². The Bertz CT molecular complexity index is 727. The zero-order valence-corrected chi connectivity index (χ0v) is 30.5. The number of nitrogens with one attached hydrogen (secondary N) is 3. The molecule has 0 fully saturated rings. The number of carbonyl (C=O) groups excluding carboxylic acids is 2. The molecule has 0 bridgehead atoms. The number of allylic oxidation sites excluding steroid dienone is 2. The first-order valence-electron chi connectivity index (χ1n) is 19.8. The lowest BCUT2D eigenvalue weighted by atomic mass is 10.0. The number of nitrogens with two attached hydrogens (primary N) is 1. The van der Waals surface area contributed by atoms with E-state index in [2.05, 4.69) is 41.9 Å². The number of hydrogen-bond donors (Lipinski definition) is 4. The molecule has 7 nitrogen and oxygen atoms in total. The van der Waals surface area contributed by atoms with Crippen molar-refractivity contribution in [3.05, 3.63) is 12.2 Å². The molecule has 0 heterocycles. The van der Waals surface area contributed by atoms with Gasteiger partial charge in [0.15, 0.2) is 0 Å². The van der Waals surface area contributed by atoms with Gasteiger partial charge in [0.05, 0.1) is 0 Å². The molecule has 0 aromatic heterocycles. The molecule has 0 aromatic carbocycles. The van der Waals surface area contributed by atoms with Crippen LogP contribution in [0.1, 0.15) is 200 Å². The minimum Gasteiger partial charge on any atom is -0.368 e. The molecule has 7 heteroatoms. The third-order valence-electron chi connectivity index (χ3n) is 8.89. The van der Waals surface area contributed by atoms with Gasteiger partial charge in [-0.3, -0.25) is 9.59 Å². The zero-order valence-electron chi connectivity index (χ0n) is 30.5. The van der Waals surface area contributed by atoms with Crippen molar-refractivity contribution in [3.63, 3.8) is 0 Å². The summed E-state index contributed by atoms with van der Waals surface area (Å²) >= 11 is 0. The Kier molecular flexibility index (Phi) is 34.2. The van der Waals surface area contributed by atoms with Crippen molar-refractivity contribution in [3.8, 4) is 0 Å². The minimum atomic E-state index is -0.630. The van der Waals surface area contributed by atoms with E-state index in [1.165, 1.54) is 135 Å². The summed E-state index contributed by atoms with van der Waals surface area (Å²) in [4.78, 5) is 25.4. The quantitative estimate of drug-likeness (QED) is 0.0238. The molecular weight excluding hydrogens is 570 g/mol. The lowest BCUT2D eigenvalue weighted by molar-refractivity contribution is -0.129. The molecule has 269 valence electrons. The maximum atomic E-state index is 12.8. The average molecular weight is 647 g/mol. The van der Waals surface area contributed by atoms with Crippen LogP contribution >= 0.6 is 0 Å². The molecule has 5 N–H and O–H groups in total. The third-order valence-corrected chi connectivity index (χ3v) is 8.89. The van der Waals surface area contributed by atoms with Gasteiger partial charge in [0.25, 0.3) is 0 Å². The maximum absolute atomic E-state index is 12.8. The molecule has 1 radical (unpaired) electrons. The number of unbranched alkanes of at least 4 members (excludes halogenated alkanes) is 24. The summed E-state index contributed by atoms with van der Waals surface area (Å²) in [5, 5.41) is 17.8. The van der Waals surface area contributed by atoms with E-state index in [0.717, 1.165) is 38.5 Å². The van der Waals surface area contributed by atoms with E-state index in [0.29, 0.717) is 25.9 Å². The fraction of sp³-hybridized carbons (Fsp3) is 0.872. The van der Waals surface area contributed by atoms with Crippen molar-refractivity contribution in [2.75, 3.05) is 13.1 Å². The Morgan fingerprint density at radius 1 is 0.565 bits per heavy atom. The van der Waals surface area contributed by atoms with Gasteiger partial charge >= 0.3 is 0 Å². The highest BCUT2D eigenvalue weighted by molar-refractivity contribution is 5.87. The van der Waals surface area contributed by atoms with Gasteiger partial charge in [0.1, 0.15) is 6.04 Å². The second-order valence-electron chi connectivity index (χ2n) is 13.4. The third kappa shape index (κ3) is 33.3. The fourth-order valence-electron chi connectivity index (χ4n) is 5.89. The highest BCUT2D eigenvalue weighted by Crippen LogP contribution is 2.13. The Labute approximate surface area is 285 Å². The van der Waals surface area contributed by atoms with Gasteiger partial charge in [-0.2, -0.15) is 0 Å². The summed E-state index contributed by atoms with van der Waals surface area (Å²) in [5.74, 6) is -0.623. The maximum Gasteiger partial charge on any atom is 0.242 e. The molecule has 0 spiro atoms. The van der Waals surface area contributed by atoms with Crippen LogP contribution in [0.2, 0.25) is 0 Å². The predicted octanol–water partition coefficient (Wildman–Crippen LogP) is 9.20. The van der Waals surface area contributed by atoms with Gasteiger partial charge in [0.2, 0.25) is 17.8 Å². The second kappa shape index (κ2) is 35.8. The molecule has 46 heavy (non-hydrogen) atoms. The molecule has 0 aliphatic heterocycles. The van der Waals surface area contributed by atoms with E-state index in [1.54, 1.807) is 0 Å². The summed E-state index contributed by atoms with van der Waals surface area (Å²) in [5.41, 5.74) is 5.29. The Morgan fingerprint density at radius 3 is 1.43 bits per heavy atom. The first-order valence-corrected chi connectivity index (χ1v) is 19.8. The highest BCUT2D eigenvalue weighted by atomic mass is 16.2. The number of amides is 2. The van der Waals surface area contributed by atoms with E-state index in [-0.39, 0.29) is 17.8 Å². The molecule has 0 saturated carbocycles. The van der Waals surface area contributed by atoms with Gasteiger partial charge < -0.3 is 21.7 Å². The number of rotatable bonds is 35. The number of carbonyl (C=O) groups is 2. The summed E-state index contributed by atoms with van der Waals surface area (Å²) in [6.45, 7) is 5.47. The van der Waals surface area contributed by atoms with Crippen LogP contribution in [0.25, 0.3) is 0 Å². The van der Waals surface area contributed by atoms with Crippen LogP contribution < -0.4 is 27.1 Å². The van der Waals surface area contributed by atoms with Crippen molar-refractivity contribution in [2.24, 2.45) is 5.73 Å². The van der Waals surface area contributed by atoms with Crippen LogP contribution in [0.5, 0.6) is 0 Å². The van der Waals surface area contributed by atoms with E-state index in [4.69, 9.17) is 5.73 Å². The van der Waals surface area contributed by atoms with E-state index >= 15 is 0 Å². The summed E-state index contributed by atoms with van der Waals surface area (Å²) < 4.78 is 0. The lowest BCUT2D eigenvalue weighted by Crippen LogP contribution is -2.48. The summed E-state index contributed by atoms with van der Waals surface area (Å²) in [6.07, 6.45) is 39.6. The van der Waals surface area contributed by atoms with Crippen LogP contribution in [0.4, 0.5) is 0 Å². The van der Waals surface area contributed by atoms with Crippen LogP contribution in [0.3, 0.4) is 0 Å². The lowest BCUT2D eigenvalue weighted by Gasteiger charge is -2.19. The Hall–Kier alpha value is -2.05. The monoisotopic (exact) mass is 647 g/mol.